The van der Waals surface area contributed by atoms with Crippen molar-refractivity contribution in [3.63, 3.8) is 0 Å². The van der Waals surface area contributed by atoms with Crippen LogP contribution in [0.3, 0.4) is 0 Å². The van der Waals surface area contributed by atoms with Gasteiger partial charge in [-0.1, -0.05) is 37.6 Å². The van der Waals surface area contributed by atoms with Gasteiger partial charge in [0.2, 0.25) is 0 Å². The Labute approximate surface area is 115 Å². The molecule has 3 nitrogen and oxygen atoms in total. The molecule has 0 saturated heterocycles. The Hall–Kier alpha value is -1.61. The van der Waals surface area contributed by atoms with Crippen molar-refractivity contribution in [3.8, 4) is 11.3 Å². The Balaban J connectivity index is 2.26. The van der Waals surface area contributed by atoms with Crippen LogP contribution in [0, 0.1) is 19.3 Å². The zero-order chi connectivity index (χ0) is 14.0. The molecule has 1 aromatic carbocycles. The topological polar surface area (TPSA) is 54.7 Å². The largest absolute Gasteiger partial charge is 0.342 e. The number of nitrogens with one attached hydrogen (secondary N) is 1. The Morgan fingerprint density at radius 2 is 2.00 bits per heavy atom. The molecule has 0 atom stereocenters. The molecule has 0 aliphatic carbocycles. The molecule has 0 saturated carbocycles. The molecule has 102 valence electrons. The van der Waals surface area contributed by atoms with E-state index >= 15 is 0 Å². The fourth-order valence-corrected chi connectivity index (χ4v) is 2.23. The van der Waals surface area contributed by atoms with Gasteiger partial charge < -0.3 is 10.7 Å². The van der Waals surface area contributed by atoms with Crippen LogP contribution in [0.5, 0.6) is 0 Å². The maximum Gasteiger partial charge on any atom is 0.107 e. The van der Waals surface area contributed by atoms with Crippen molar-refractivity contribution in [2.45, 2.75) is 34.1 Å². The monoisotopic (exact) mass is 257 g/mol. The second kappa shape index (κ2) is 5.17. The van der Waals surface area contributed by atoms with Crippen molar-refractivity contribution >= 4 is 0 Å². The molecule has 3 N–H and O–H groups in total. The lowest BCUT2D eigenvalue weighted by atomic mass is 9.89. The molecule has 1 aromatic heterocycles. The predicted molar refractivity (Wildman–Crippen MR) is 80.0 cm³/mol. The summed E-state index contributed by atoms with van der Waals surface area (Å²) >= 11 is 0. The van der Waals surface area contributed by atoms with Gasteiger partial charge in [0.1, 0.15) is 5.82 Å². The number of hydrogen-bond acceptors (Lipinski definition) is 2. The van der Waals surface area contributed by atoms with E-state index in [4.69, 9.17) is 5.73 Å². The molecule has 0 amide bonds. The molecule has 0 aliphatic heterocycles. The zero-order valence-electron chi connectivity index (χ0n) is 12.2. The molecule has 3 heteroatoms. The van der Waals surface area contributed by atoms with Crippen LogP contribution in [0.1, 0.15) is 30.8 Å². The van der Waals surface area contributed by atoms with E-state index < -0.39 is 0 Å². The second-order valence-corrected chi connectivity index (χ2v) is 6.11. The van der Waals surface area contributed by atoms with Crippen molar-refractivity contribution in [2.75, 3.05) is 6.54 Å². The smallest absolute Gasteiger partial charge is 0.107 e. The first-order chi connectivity index (χ1) is 8.91. The highest BCUT2D eigenvalue weighted by atomic mass is 14.9. The van der Waals surface area contributed by atoms with E-state index in [1.807, 2.05) is 6.20 Å². The fraction of sp³-hybridized carbons (Fsp3) is 0.438. The van der Waals surface area contributed by atoms with Gasteiger partial charge in [-0.25, -0.2) is 4.98 Å². The minimum absolute atomic E-state index is 0.0808. The minimum atomic E-state index is 0.0808. The van der Waals surface area contributed by atoms with Gasteiger partial charge in [-0.05, 0) is 31.4 Å². The van der Waals surface area contributed by atoms with Crippen molar-refractivity contribution in [3.05, 3.63) is 41.3 Å². The number of nitrogens with zero attached hydrogens (tertiary/aromatic N) is 1. The summed E-state index contributed by atoms with van der Waals surface area (Å²) in [4.78, 5) is 7.89. The highest BCUT2D eigenvalue weighted by molar-refractivity contribution is 5.63. The average Bonchev–Trinajstić information content (AvgIpc) is 2.76. The lowest BCUT2D eigenvalue weighted by Gasteiger charge is -2.20. The van der Waals surface area contributed by atoms with Crippen LogP contribution in [-0.4, -0.2) is 16.5 Å². The van der Waals surface area contributed by atoms with Gasteiger partial charge in [-0.3, -0.25) is 0 Å². The van der Waals surface area contributed by atoms with Crippen molar-refractivity contribution in [1.29, 1.82) is 0 Å². The highest BCUT2D eigenvalue weighted by Crippen LogP contribution is 2.24. The van der Waals surface area contributed by atoms with Gasteiger partial charge in [0.05, 0.1) is 11.9 Å². The summed E-state index contributed by atoms with van der Waals surface area (Å²) in [5.41, 5.74) is 10.7. The summed E-state index contributed by atoms with van der Waals surface area (Å²) in [5.74, 6) is 1.01. The van der Waals surface area contributed by atoms with Gasteiger partial charge in [-0.15, -0.1) is 0 Å². The van der Waals surface area contributed by atoms with Crippen molar-refractivity contribution in [2.24, 2.45) is 11.1 Å². The summed E-state index contributed by atoms with van der Waals surface area (Å²) < 4.78 is 0. The van der Waals surface area contributed by atoms with Crippen LogP contribution >= 0.6 is 0 Å². The van der Waals surface area contributed by atoms with E-state index in [-0.39, 0.29) is 5.41 Å². The molecular weight excluding hydrogens is 234 g/mol. The van der Waals surface area contributed by atoms with Gasteiger partial charge in [-0.2, -0.15) is 0 Å². The van der Waals surface area contributed by atoms with Gasteiger partial charge >= 0.3 is 0 Å². The number of H-pyrrole nitrogens is 1. The number of benzene rings is 1. The van der Waals surface area contributed by atoms with E-state index in [0.29, 0.717) is 6.54 Å². The Kier molecular flexibility index (Phi) is 3.76. The summed E-state index contributed by atoms with van der Waals surface area (Å²) in [5, 5.41) is 0. The molecule has 0 unspecified atom stereocenters. The lowest BCUT2D eigenvalue weighted by molar-refractivity contribution is 0.369. The summed E-state index contributed by atoms with van der Waals surface area (Å²) in [7, 11) is 0. The molecule has 0 aliphatic rings. The predicted octanol–water partition coefficient (Wildman–Crippen LogP) is 3.22. The Bertz CT molecular complexity index is 567. The third-order valence-corrected chi connectivity index (χ3v) is 3.50. The Morgan fingerprint density at radius 3 is 2.63 bits per heavy atom. The number of nitrogens with two attached hydrogens (primary N) is 1. The summed E-state index contributed by atoms with van der Waals surface area (Å²) in [6, 6.07) is 6.47. The second-order valence-electron chi connectivity index (χ2n) is 6.11. The van der Waals surface area contributed by atoms with E-state index in [0.717, 1.165) is 17.9 Å². The number of aryl methyl sites for hydroxylation is 2. The van der Waals surface area contributed by atoms with Crippen LogP contribution in [0.25, 0.3) is 11.3 Å². The number of hydrogen-bond donors (Lipinski definition) is 2. The normalized spacial score (nSPS) is 11.8. The van der Waals surface area contributed by atoms with E-state index in [1.54, 1.807) is 0 Å². The van der Waals surface area contributed by atoms with Crippen LogP contribution < -0.4 is 5.73 Å². The number of aromatic nitrogens is 2. The maximum atomic E-state index is 5.77. The highest BCUT2D eigenvalue weighted by Gasteiger charge is 2.18. The molecule has 0 fully saturated rings. The fourth-order valence-electron chi connectivity index (χ4n) is 2.23. The third-order valence-electron chi connectivity index (χ3n) is 3.50. The van der Waals surface area contributed by atoms with Crippen LogP contribution in [0.2, 0.25) is 0 Å². The first-order valence-corrected chi connectivity index (χ1v) is 6.73. The molecule has 1 heterocycles. The van der Waals surface area contributed by atoms with Gasteiger partial charge in [0.15, 0.2) is 0 Å². The maximum absolute atomic E-state index is 5.77. The number of imidazole rings is 1. The zero-order valence-corrected chi connectivity index (χ0v) is 12.2. The molecule has 19 heavy (non-hydrogen) atoms. The van der Waals surface area contributed by atoms with E-state index in [9.17, 15) is 0 Å². The first kappa shape index (κ1) is 13.8. The Morgan fingerprint density at radius 1 is 1.26 bits per heavy atom. The van der Waals surface area contributed by atoms with E-state index in [2.05, 4.69) is 55.9 Å². The molecular formula is C16H23N3. The van der Waals surface area contributed by atoms with Crippen molar-refractivity contribution < 1.29 is 0 Å². The lowest BCUT2D eigenvalue weighted by Crippen LogP contribution is -2.26. The first-order valence-electron chi connectivity index (χ1n) is 6.73. The average molecular weight is 257 g/mol. The minimum Gasteiger partial charge on any atom is -0.342 e. The summed E-state index contributed by atoms with van der Waals surface area (Å²) in [6.07, 6.45) is 2.79. The van der Waals surface area contributed by atoms with Crippen LogP contribution in [-0.2, 0) is 6.42 Å². The molecule has 0 bridgehead atoms. The molecule has 2 aromatic rings. The third kappa shape index (κ3) is 3.24. The van der Waals surface area contributed by atoms with Crippen molar-refractivity contribution in [1.82, 2.24) is 9.97 Å². The number of aromatic amines is 1. The SMILES string of the molecule is Cc1ccc(-c2cnc(CC(C)(C)CN)[nH]2)c(C)c1. The standard InChI is InChI=1S/C16H23N3/c1-11-5-6-13(12(2)7-11)14-9-18-15(19-14)8-16(3,4)10-17/h5-7,9H,8,10,17H2,1-4H3,(H,18,19). The summed E-state index contributed by atoms with van der Waals surface area (Å²) in [6.45, 7) is 9.22. The van der Waals surface area contributed by atoms with Crippen LogP contribution in [0.4, 0.5) is 0 Å². The van der Waals surface area contributed by atoms with Gasteiger partial charge in [0.25, 0.3) is 0 Å². The molecule has 0 spiro atoms. The van der Waals surface area contributed by atoms with E-state index in [1.165, 1.54) is 16.7 Å². The molecule has 2 rings (SSSR count). The molecule has 0 radical (unpaired) electrons. The van der Waals surface area contributed by atoms with Gasteiger partial charge in [0, 0.05) is 12.0 Å². The van der Waals surface area contributed by atoms with Crippen LogP contribution in [0.15, 0.2) is 24.4 Å². The number of rotatable bonds is 4. The quantitative estimate of drug-likeness (QED) is 0.883.